The zero-order chi connectivity index (χ0) is 16.8. The second-order valence-corrected chi connectivity index (χ2v) is 8.35. The summed E-state index contributed by atoms with van der Waals surface area (Å²) < 4.78 is 27.3. The third-order valence-corrected chi connectivity index (χ3v) is 5.10. The minimum atomic E-state index is -3.65. The Morgan fingerprint density at radius 3 is 2.65 bits per heavy atom. The summed E-state index contributed by atoms with van der Waals surface area (Å²) in [6.07, 6.45) is 4.32. The van der Waals surface area contributed by atoms with Crippen molar-refractivity contribution in [1.29, 1.82) is 0 Å². The van der Waals surface area contributed by atoms with E-state index in [0.29, 0.717) is 29.0 Å². The fourth-order valence-corrected chi connectivity index (χ4v) is 3.79. The van der Waals surface area contributed by atoms with Gasteiger partial charge in [-0.15, -0.1) is 10.2 Å². The molecule has 23 heavy (non-hydrogen) atoms. The molecule has 1 aliphatic rings. The van der Waals surface area contributed by atoms with Crippen molar-refractivity contribution in [2.75, 3.05) is 6.26 Å². The van der Waals surface area contributed by atoms with E-state index in [1.165, 1.54) is 0 Å². The van der Waals surface area contributed by atoms with E-state index < -0.39 is 15.4 Å². The third-order valence-electron chi connectivity index (χ3n) is 3.71. The van der Waals surface area contributed by atoms with Gasteiger partial charge in [0, 0.05) is 19.2 Å². The number of hydrogen-bond donors (Lipinski definition) is 0. The average molecular weight is 402 g/mol. The SMILES string of the molecule is CCCCCn1c2c(c(=O)n3c(S(C)(=O)=O)nnc13)CC(Br)=N2. The fourth-order valence-electron chi connectivity index (χ4n) is 2.65. The molecular formula is C13H16BrN5O3S. The number of aryl methyl sites for hydroxylation is 1. The molecule has 10 heteroatoms. The first kappa shape index (κ1) is 16.3. The molecule has 0 saturated carbocycles. The van der Waals surface area contributed by atoms with Crippen LogP contribution in [0, 0.1) is 0 Å². The second-order valence-electron chi connectivity index (χ2n) is 5.52. The lowest BCUT2D eigenvalue weighted by atomic mass is 10.2. The summed E-state index contributed by atoms with van der Waals surface area (Å²) in [7, 11) is -3.65. The van der Waals surface area contributed by atoms with Crippen LogP contribution in [0.15, 0.2) is 14.9 Å². The van der Waals surface area contributed by atoms with Gasteiger partial charge in [0.25, 0.3) is 10.7 Å². The summed E-state index contributed by atoms with van der Waals surface area (Å²) in [6, 6.07) is 0. The Morgan fingerprint density at radius 1 is 1.26 bits per heavy atom. The molecule has 3 rings (SSSR count). The zero-order valence-corrected chi connectivity index (χ0v) is 15.2. The molecule has 3 heterocycles. The van der Waals surface area contributed by atoms with Gasteiger partial charge in [0.2, 0.25) is 15.6 Å². The molecule has 0 fully saturated rings. The molecule has 2 aromatic rings. The maximum atomic E-state index is 12.7. The molecule has 2 aromatic heterocycles. The quantitative estimate of drug-likeness (QED) is 0.706. The summed E-state index contributed by atoms with van der Waals surface area (Å²) >= 11 is 3.32. The van der Waals surface area contributed by atoms with Crippen LogP contribution in [0.4, 0.5) is 5.82 Å². The predicted octanol–water partition coefficient (Wildman–Crippen LogP) is 1.47. The van der Waals surface area contributed by atoms with Crippen molar-refractivity contribution in [3.05, 3.63) is 15.9 Å². The topological polar surface area (TPSA) is 98.7 Å². The highest BCUT2D eigenvalue weighted by molar-refractivity contribution is 9.18. The fraction of sp³-hybridized carbons (Fsp3) is 0.538. The number of hydrogen-bond acceptors (Lipinski definition) is 6. The van der Waals surface area contributed by atoms with Gasteiger partial charge in [-0.05, 0) is 22.4 Å². The Morgan fingerprint density at radius 2 is 2.00 bits per heavy atom. The van der Waals surface area contributed by atoms with Crippen molar-refractivity contribution in [3.63, 3.8) is 0 Å². The van der Waals surface area contributed by atoms with Gasteiger partial charge in [0.1, 0.15) is 5.82 Å². The molecule has 0 unspecified atom stereocenters. The first-order chi connectivity index (χ1) is 10.8. The van der Waals surface area contributed by atoms with Gasteiger partial charge in [-0.1, -0.05) is 19.8 Å². The zero-order valence-electron chi connectivity index (χ0n) is 12.8. The number of sulfone groups is 1. The van der Waals surface area contributed by atoms with Crippen LogP contribution in [-0.4, -0.2) is 38.5 Å². The lowest BCUT2D eigenvalue weighted by Crippen LogP contribution is -2.24. The van der Waals surface area contributed by atoms with E-state index in [2.05, 4.69) is 38.0 Å². The molecule has 124 valence electrons. The maximum Gasteiger partial charge on any atom is 0.267 e. The predicted molar refractivity (Wildman–Crippen MR) is 89.6 cm³/mol. The van der Waals surface area contributed by atoms with Crippen LogP contribution in [0.1, 0.15) is 31.7 Å². The lowest BCUT2D eigenvalue weighted by molar-refractivity contribution is 0.586. The maximum absolute atomic E-state index is 12.7. The summed E-state index contributed by atoms with van der Waals surface area (Å²) in [5.74, 6) is 0.758. The summed E-state index contributed by atoms with van der Waals surface area (Å²) in [6.45, 7) is 2.70. The van der Waals surface area contributed by atoms with E-state index in [9.17, 15) is 13.2 Å². The van der Waals surface area contributed by atoms with Crippen molar-refractivity contribution >= 4 is 42.0 Å². The first-order valence-corrected chi connectivity index (χ1v) is 9.97. The highest BCUT2D eigenvalue weighted by atomic mass is 79.9. The second kappa shape index (κ2) is 5.82. The van der Waals surface area contributed by atoms with Crippen LogP contribution >= 0.6 is 15.9 Å². The van der Waals surface area contributed by atoms with E-state index in [0.717, 1.165) is 29.9 Å². The van der Waals surface area contributed by atoms with Crippen LogP contribution in [0.2, 0.25) is 0 Å². The van der Waals surface area contributed by atoms with Gasteiger partial charge in [-0.2, -0.15) is 0 Å². The Hall–Kier alpha value is -1.55. The molecule has 0 spiro atoms. The number of nitrogens with zero attached hydrogens (tertiary/aromatic N) is 5. The molecule has 0 N–H and O–H groups in total. The highest BCUT2D eigenvalue weighted by Crippen LogP contribution is 2.28. The van der Waals surface area contributed by atoms with Gasteiger partial charge in [0.05, 0.1) is 10.2 Å². The van der Waals surface area contributed by atoms with Crippen LogP contribution in [0.5, 0.6) is 0 Å². The molecule has 0 atom stereocenters. The monoisotopic (exact) mass is 401 g/mol. The number of aromatic nitrogens is 4. The molecule has 0 saturated heterocycles. The van der Waals surface area contributed by atoms with Crippen LogP contribution in [0.3, 0.4) is 0 Å². The largest absolute Gasteiger partial charge is 0.294 e. The third kappa shape index (κ3) is 2.74. The number of unbranched alkanes of at least 4 members (excludes halogenated alkanes) is 2. The van der Waals surface area contributed by atoms with E-state index in [-0.39, 0.29) is 10.9 Å². The molecule has 0 aromatic carbocycles. The molecular weight excluding hydrogens is 386 g/mol. The minimum absolute atomic E-state index is 0.219. The van der Waals surface area contributed by atoms with Crippen molar-refractivity contribution in [1.82, 2.24) is 19.2 Å². The summed E-state index contributed by atoms with van der Waals surface area (Å²) in [5.41, 5.74) is 0.0379. The first-order valence-electron chi connectivity index (χ1n) is 7.28. The van der Waals surface area contributed by atoms with Crippen LogP contribution in [-0.2, 0) is 22.8 Å². The summed E-state index contributed by atoms with van der Waals surface area (Å²) in [5, 5.41) is 7.33. The molecule has 0 bridgehead atoms. The average Bonchev–Trinajstić information content (AvgIpc) is 3.06. The van der Waals surface area contributed by atoms with E-state index >= 15 is 0 Å². The number of aliphatic imine (C=N–C) groups is 1. The van der Waals surface area contributed by atoms with Crippen LogP contribution < -0.4 is 5.56 Å². The van der Waals surface area contributed by atoms with Crippen LogP contribution in [0.25, 0.3) is 5.78 Å². The smallest absolute Gasteiger partial charge is 0.267 e. The van der Waals surface area contributed by atoms with Gasteiger partial charge < -0.3 is 0 Å². The van der Waals surface area contributed by atoms with E-state index in [4.69, 9.17) is 0 Å². The van der Waals surface area contributed by atoms with Gasteiger partial charge in [-0.3, -0.25) is 9.36 Å². The standard InChI is InChI=1S/C13H16BrN5O3S/c1-3-4-5-6-18-10-8(7-9(14)15-10)11(20)19-12(18)16-17-13(19)23(2,21)22/h3-7H2,1-2H3. The van der Waals surface area contributed by atoms with E-state index in [1.54, 1.807) is 4.57 Å². The van der Waals surface area contributed by atoms with E-state index in [1.807, 2.05) is 0 Å². The lowest BCUT2D eigenvalue weighted by Gasteiger charge is -2.12. The Kier molecular flexibility index (Phi) is 4.13. The Labute approximate surface area is 141 Å². The van der Waals surface area contributed by atoms with Gasteiger partial charge in [0.15, 0.2) is 0 Å². The van der Waals surface area contributed by atoms with Crippen molar-refractivity contribution in [3.8, 4) is 0 Å². The number of rotatable bonds is 5. The molecule has 1 aliphatic heterocycles. The van der Waals surface area contributed by atoms with Crippen molar-refractivity contribution < 1.29 is 8.42 Å². The molecule has 0 aliphatic carbocycles. The van der Waals surface area contributed by atoms with Gasteiger partial charge in [-0.25, -0.2) is 17.8 Å². The summed E-state index contributed by atoms with van der Waals surface area (Å²) in [4.78, 5) is 17.1. The Bertz CT molecular complexity index is 974. The van der Waals surface area contributed by atoms with Crippen molar-refractivity contribution in [2.24, 2.45) is 4.99 Å². The van der Waals surface area contributed by atoms with Gasteiger partial charge >= 0.3 is 0 Å². The molecule has 0 amide bonds. The highest BCUT2D eigenvalue weighted by Gasteiger charge is 2.28. The molecule has 0 radical (unpaired) electrons. The normalized spacial score (nSPS) is 14.3. The number of halogens is 1. The minimum Gasteiger partial charge on any atom is -0.294 e. The van der Waals surface area contributed by atoms with Crippen molar-refractivity contribution in [2.45, 2.75) is 44.3 Å². The molecule has 8 nitrogen and oxygen atoms in total. The Balaban J connectivity index is 2.31. The number of fused-ring (bicyclic) bond motifs is 2.